The van der Waals surface area contributed by atoms with E-state index in [2.05, 4.69) is 32.7 Å². The highest BCUT2D eigenvalue weighted by molar-refractivity contribution is 14.1. The summed E-state index contributed by atoms with van der Waals surface area (Å²) in [7, 11) is 0. The predicted octanol–water partition coefficient (Wildman–Crippen LogP) is 2.73. The summed E-state index contributed by atoms with van der Waals surface area (Å²) in [6.07, 6.45) is -3.53. The minimum Gasteiger partial charge on any atom is -0.302 e. The van der Waals surface area contributed by atoms with Crippen molar-refractivity contribution in [3.05, 3.63) is 50.2 Å². The fourth-order valence-electron chi connectivity index (χ4n) is 1.85. The molecule has 3 rings (SSSR count). The van der Waals surface area contributed by atoms with Crippen LogP contribution in [0.15, 0.2) is 35.3 Å². The maximum absolute atomic E-state index is 12.7. The molecular weight excluding hydrogens is 400 g/mol. The minimum atomic E-state index is -4.73. The van der Waals surface area contributed by atoms with Gasteiger partial charge in [0, 0.05) is 3.57 Å². The molecule has 0 aliphatic rings. The number of benzene rings is 1. The largest absolute Gasteiger partial charge is 0.449 e. The molecule has 2 heterocycles. The quantitative estimate of drug-likeness (QED) is 0.633. The normalized spacial score (nSPS) is 12.0. The van der Waals surface area contributed by atoms with Gasteiger partial charge in [0.1, 0.15) is 5.39 Å². The molecule has 1 N–H and O–H groups in total. The minimum absolute atomic E-state index is 0.00172. The number of nitrogens with zero attached hydrogens (tertiary/aromatic N) is 3. The molecule has 0 fully saturated rings. The number of alkyl halides is 3. The van der Waals surface area contributed by atoms with Crippen molar-refractivity contribution < 1.29 is 13.2 Å². The van der Waals surface area contributed by atoms with Crippen LogP contribution in [0.3, 0.4) is 0 Å². The van der Waals surface area contributed by atoms with Crippen molar-refractivity contribution in [2.24, 2.45) is 0 Å². The third kappa shape index (κ3) is 2.52. The topological polar surface area (TPSA) is 63.6 Å². The zero-order valence-corrected chi connectivity index (χ0v) is 12.3. The van der Waals surface area contributed by atoms with E-state index in [1.165, 1.54) is 10.9 Å². The highest BCUT2D eigenvalue weighted by Gasteiger charge is 2.35. The zero-order valence-electron chi connectivity index (χ0n) is 10.1. The second-order valence-corrected chi connectivity index (χ2v) is 5.43. The fraction of sp³-hybridized carbons (Fsp3) is 0.0833. The smallest absolute Gasteiger partial charge is 0.302 e. The molecule has 3 aromatic rings. The summed E-state index contributed by atoms with van der Waals surface area (Å²) in [6.45, 7) is 0. The molecule has 0 bridgehead atoms. The summed E-state index contributed by atoms with van der Waals surface area (Å²) in [5.74, 6) is -1.34. The molecule has 5 nitrogen and oxygen atoms in total. The lowest BCUT2D eigenvalue weighted by molar-refractivity contribution is -0.144. The van der Waals surface area contributed by atoms with Gasteiger partial charge in [-0.05, 0) is 40.8 Å². The monoisotopic (exact) mass is 406 g/mol. The Labute approximate surface area is 129 Å². The molecule has 0 saturated carbocycles. The fourth-order valence-corrected chi connectivity index (χ4v) is 2.38. The van der Waals surface area contributed by atoms with Crippen LogP contribution < -0.4 is 5.56 Å². The lowest BCUT2D eigenvalue weighted by atomic mass is 10.3. The van der Waals surface area contributed by atoms with Gasteiger partial charge >= 0.3 is 6.18 Å². The molecule has 1 aromatic carbocycles. The Balaban J connectivity index is 2.31. The van der Waals surface area contributed by atoms with Crippen LogP contribution in [0.5, 0.6) is 0 Å². The first-order chi connectivity index (χ1) is 9.86. The van der Waals surface area contributed by atoms with Crippen LogP contribution in [0.1, 0.15) is 5.82 Å². The lowest BCUT2D eigenvalue weighted by Gasteiger charge is -2.07. The van der Waals surface area contributed by atoms with Crippen LogP contribution in [0, 0.1) is 3.57 Å². The van der Waals surface area contributed by atoms with Gasteiger partial charge in [-0.25, -0.2) is 9.67 Å². The molecule has 0 radical (unpaired) electrons. The third-order valence-corrected chi connectivity index (χ3v) is 3.43. The molecule has 0 aliphatic heterocycles. The van der Waals surface area contributed by atoms with Crippen molar-refractivity contribution in [2.75, 3.05) is 0 Å². The summed E-state index contributed by atoms with van der Waals surface area (Å²) in [5.41, 5.74) is -0.472. The van der Waals surface area contributed by atoms with Crippen LogP contribution in [0.2, 0.25) is 0 Å². The summed E-state index contributed by atoms with van der Waals surface area (Å²) >= 11 is 2.07. The van der Waals surface area contributed by atoms with E-state index in [9.17, 15) is 18.0 Å². The molecule has 0 saturated heterocycles. The molecule has 9 heteroatoms. The van der Waals surface area contributed by atoms with Gasteiger partial charge < -0.3 is 4.98 Å². The van der Waals surface area contributed by atoms with E-state index in [0.717, 1.165) is 3.57 Å². The molecule has 0 amide bonds. The van der Waals surface area contributed by atoms with Crippen LogP contribution in [0.4, 0.5) is 13.2 Å². The van der Waals surface area contributed by atoms with Crippen molar-refractivity contribution >= 4 is 33.6 Å². The highest BCUT2D eigenvalue weighted by Crippen LogP contribution is 2.26. The molecule has 21 heavy (non-hydrogen) atoms. The number of H-pyrrole nitrogens is 1. The molecular formula is C12H6F3IN4O. The van der Waals surface area contributed by atoms with Crippen LogP contribution >= 0.6 is 22.6 Å². The first-order valence-electron chi connectivity index (χ1n) is 5.67. The van der Waals surface area contributed by atoms with Gasteiger partial charge in [0.05, 0.1) is 11.9 Å². The van der Waals surface area contributed by atoms with Crippen molar-refractivity contribution in [1.29, 1.82) is 0 Å². The second-order valence-electron chi connectivity index (χ2n) is 4.19. The average molecular weight is 406 g/mol. The molecule has 0 spiro atoms. The number of aromatic amines is 1. The van der Waals surface area contributed by atoms with E-state index in [4.69, 9.17) is 0 Å². The Morgan fingerprint density at radius 2 is 2.05 bits per heavy atom. The number of halogens is 4. The van der Waals surface area contributed by atoms with Crippen molar-refractivity contribution in [3.8, 4) is 5.69 Å². The molecule has 108 valence electrons. The highest BCUT2D eigenvalue weighted by atomic mass is 127. The van der Waals surface area contributed by atoms with Gasteiger partial charge in [-0.1, -0.05) is 6.07 Å². The van der Waals surface area contributed by atoms with E-state index in [1.54, 1.807) is 23.2 Å². The zero-order chi connectivity index (χ0) is 15.2. The van der Waals surface area contributed by atoms with E-state index >= 15 is 0 Å². The van der Waals surface area contributed by atoms with Crippen molar-refractivity contribution in [3.63, 3.8) is 0 Å². The van der Waals surface area contributed by atoms with Gasteiger partial charge in [-0.2, -0.15) is 18.3 Å². The van der Waals surface area contributed by atoms with Gasteiger partial charge in [0.15, 0.2) is 5.65 Å². The maximum atomic E-state index is 12.7. The van der Waals surface area contributed by atoms with Gasteiger partial charge in [0.25, 0.3) is 5.56 Å². The molecule has 0 atom stereocenters. The Hall–Kier alpha value is -1.91. The lowest BCUT2D eigenvalue weighted by Crippen LogP contribution is -2.19. The SMILES string of the molecule is O=c1[nH]c(C(F)(F)F)nc2c1cnn2-c1cccc(I)c1. The Kier molecular flexibility index (Phi) is 3.23. The number of hydrogen-bond donors (Lipinski definition) is 1. The van der Waals surface area contributed by atoms with E-state index in [-0.39, 0.29) is 11.0 Å². The number of nitrogens with one attached hydrogen (secondary N) is 1. The number of fused-ring (bicyclic) bond motifs is 1. The van der Waals surface area contributed by atoms with Crippen LogP contribution in [-0.4, -0.2) is 19.7 Å². The molecule has 0 aliphatic carbocycles. The Morgan fingerprint density at radius 1 is 1.29 bits per heavy atom. The summed E-state index contributed by atoms with van der Waals surface area (Å²) < 4.78 is 40.3. The van der Waals surface area contributed by atoms with Gasteiger partial charge in [0.2, 0.25) is 5.82 Å². The first-order valence-corrected chi connectivity index (χ1v) is 6.75. The third-order valence-electron chi connectivity index (χ3n) is 2.76. The predicted molar refractivity (Wildman–Crippen MR) is 77.2 cm³/mol. The maximum Gasteiger partial charge on any atom is 0.449 e. The van der Waals surface area contributed by atoms with Gasteiger partial charge in [-0.3, -0.25) is 4.79 Å². The van der Waals surface area contributed by atoms with Crippen molar-refractivity contribution in [2.45, 2.75) is 6.18 Å². The van der Waals surface area contributed by atoms with E-state index < -0.39 is 17.6 Å². The molecule has 0 unspecified atom stereocenters. The number of aromatic nitrogens is 4. The Morgan fingerprint density at radius 3 is 2.71 bits per heavy atom. The van der Waals surface area contributed by atoms with Crippen LogP contribution in [-0.2, 0) is 6.18 Å². The van der Waals surface area contributed by atoms with Gasteiger partial charge in [-0.15, -0.1) is 0 Å². The van der Waals surface area contributed by atoms with E-state index in [0.29, 0.717) is 5.69 Å². The summed E-state index contributed by atoms with van der Waals surface area (Å²) in [6, 6.07) is 6.97. The summed E-state index contributed by atoms with van der Waals surface area (Å²) in [5, 5.41) is 3.96. The van der Waals surface area contributed by atoms with Crippen molar-refractivity contribution in [1.82, 2.24) is 19.7 Å². The van der Waals surface area contributed by atoms with Crippen LogP contribution in [0.25, 0.3) is 16.7 Å². The van der Waals surface area contributed by atoms with E-state index in [1.807, 2.05) is 6.07 Å². The summed E-state index contributed by atoms with van der Waals surface area (Å²) in [4.78, 5) is 16.9. The molecule has 2 aromatic heterocycles. The number of hydrogen-bond acceptors (Lipinski definition) is 3. The first kappa shape index (κ1) is 14.0. The second kappa shape index (κ2) is 4.83. The Bertz CT molecular complexity index is 884. The number of rotatable bonds is 1. The average Bonchev–Trinajstić information content (AvgIpc) is 2.82. The standard InChI is InChI=1S/C12H6F3IN4O/c13-12(14,15)11-18-9-8(10(21)19-11)5-17-20(9)7-3-1-2-6(16)4-7/h1-5H,(H,18,19,21).